The molecule has 10 heteroatoms. The number of nitrogens with one attached hydrogen (secondary N) is 4. The van der Waals surface area contributed by atoms with E-state index in [1.807, 2.05) is 63.2 Å². The largest absolute Gasteiger partial charge is 0.370 e. The first-order valence-electron chi connectivity index (χ1n) is 14.7. The molecule has 224 valence electrons. The molecule has 2 aromatic heterocycles. The first-order valence-corrected chi connectivity index (χ1v) is 14.7. The summed E-state index contributed by atoms with van der Waals surface area (Å²) in [6.45, 7) is 9.46. The van der Waals surface area contributed by atoms with Gasteiger partial charge in [-0.15, -0.1) is 0 Å². The molecule has 0 saturated heterocycles. The highest BCUT2D eigenvalue weighted by atomic mass is 19.1. The van der Waals surface area contributed by atoms with E-state index in [1.54, 1.807) is 6.20 Å². The summed E-state index contributed by atoms with van der Waals surface area (Å²) in [7, 11) is 0. The number of halogens is 1. The zero-order chi connectivity index (χ0) is 30.4. The van der Waals surface area contributed by atoms with E-state index >= 15 is 4.39 Å². The van der Waals surface area contributed by atoms with Crippen LogP contribution in [-0.2, 0) is 6.42 Å². The molecule has 2 aromatic carbocycles. The zero-order valence-corrected chi connectivity index (χ0v) is 24.9. The lowest BCUT2D eigenvalue weighted by Gasteiger charge is -2.15. The third-order valence-corrected chi connectivity index (χ3v) is 7.50. The van der Waals surface area contributed by atoms with Crippen molar-refractivity contribution in [3.8, 4) is 16.9 Å². The van der Waals surface area contributed by atoms with Gasteiger partial charge in [0.15, 0.2) is 5.96 Å². The third-order valence-electron chi connectivity index (χ3n) is 7.50. The normalized spacial score (nSPS) is 13.0. The number of nitrogens with zero attached hydrogens (tertiary/aromatic N) is 2. The lowest BCUT2D eigenvalue weighted by Crippen LogP contribution is -2.32. The number of H-pyrrole nitrogens is 1. The third kappa shape index (κ3) is 7.63. The fourth-order valence-corrected chi connectivity index (χ4v) is 5.09. The number of aromatic amines is 1. The number of hydrogen-bond acceptors (Lipinski definition) is 5. The van der Waals surface area contributed by atoms with Gasteiger partial charge in [-0.1, -0.05) is 32.0 Å². The van der Waals surface area contributed by atoms with Crippen LogP contribution in [0, 0.1) is 11.2 Å². The number of aromatic nitrogens is 3. The van der Waals surface area contributed by atoms with Crippen molar-refractivity contribution < 1.29 is 4.39 Å². The fraction of sp³-hybridized carbons (Fsp3) is 0.406. The molecule has 8 N–H and O–H groups in total. The zero-order valence-electron chi connectivity index (χ0n) is 24.9. The fourth-order valence-electron chi connectivity index (χ4n) is 5.09. The molecule has 4 rings (SSSR count). The van der Waals surface area contributed by atoms with Gasteiger partial charge in [-0.3, -0.25) is 9.98 Å². The van der Waals surface area contributed by atoms with Crippen molar-refractivity contribution in [3.05, 3.63) is 81.7 Å². The van der Waals surface area contributed by atoms with Crippen LogP contribution in [0.3, 0.4) is 0 Å². The Kier molecular flexibility index (Phi) is 10.1. The molecule has 0 saturated carbocycles. The molecule has 42 heavy (non-hydrogen) atoms. The van der Waals surface area contributed by atoms with Gasteiger partial charge in [-0.25, -0.2) is 9.18 Å². The van der Waals surface area contributed by atoms with Crippen molar-refractivity contribution in [2.75, 3.05) is 13.1 Å². The molecule has 0 bridgehead atoms. The van der Waals surface area contributed by atoms with E-state index in [2.05, 4.69) is 27.5 Å². The summed E-state index contributed by atoms with van der Waals surface area (Å²) < 4.78 is 17.2. The van der Waals surface area contributed by atoms with Gasteiger partial charge in [0.1, 0.15) is 11.5 Å². The molecular weight excluding hydrogens is 531 g/mol. The molecule has 0 aliphatic carbocycles. The van der Waals surface area contributed by atoms with Crippen LogP contribution in [0.25, 0.3) is 28.0 Å². The smallest absolute Gasteiger partial charge is 0.354 e. The van der Waals surface area contributed by atoms with Gasteiger partial charge < -0.3 is 27.1 Å². The van der Waals surface area contributed by atoms with Crippen molar-refractivity contribution in [2.24, 2.45) is 11.5 Å². The van der Waals surface area contributed by atoms with E-state index in [0.29, 0.717) is 34.7 Å². The van der Waals surface area contributed by atoms with Crippen molar-refractivity contribution in [3.63, 3.8) is 0 Å². The molecule has 0 fully saturated rings. The van der Waals surface area contributed by atoms with Gasteiger partial charge in [-0.05, 0) is 92.9 Å². The second kappa shape index (κ2) is 13.8. The first kappa shape index (κ1) is 30.9. The Balaban J connectivity index is 1.57. The van der Waals surface area contributed by atoms with Gasteiger partial charge in [-0.2, -0.15) is 4.98 Å². The molecule has 4 aromatic rings. The lowest BCUT2D eigenvalue weighted by atomic mass is 9.93. The standard InChI is InChI=1S/C32H43FN8O/c1-19(2)26-15-22(8-5-7-20(3)34)16-27(29(26)33)28-17-24-18-41(32(42)40-30(24)39-28)25-11-9-23(10-12-25)21(4)37-13-6-14-38-31(35)36/h9-12,15-21,37H,5-8,13-14,34H2,1-4H3,(H4,35,36,38)(H,39,40,42)/t20-,21-/m0/s1. The summed E-state index contributed by atoms with van der Waals surface area (Å²) in [5.74, 6) is -0.251. The Morgan fingerprint density at radius 1 is 1.10 bits per heavy atom. The minimum absolute atomic E-state index is 0.0252. The Bertz CT molecular complexity index is 1570. The summed E-state index contributed by atoms with van der Waals surface area (Å²) in [6, 6.07) is 13.7. The quantitative estimate of drug-likeness (QED) is 0.0764. The Labute approximate surface area is 246 Å². The van der Waals surface area contributed by atoms with Crippen LogP contribution in [0.5, 0.6) is 0 Å². The second-order valence-corrected chi connectivity index (χ2v) is 11.4. The Morgan fingerprint density at radius 3 is 2.50 bits per heavy atom. The maximum Gasteiger partial charge on any atom is 0.354 e. The van der Waals surface area contributed by atoms with Crippen LogP contribution in [0.1, 0.15) is 75.6 Å². The highest BCUT2D eigenvalue weighted by molar-refractivity contribution is 5.83. The van der Waals surface area contributed by atoms with Crippen LogP contribution < -0.4 is 27.8 Å². The molecule has 0 radical (unpaired) electrons. The lowest BCUT2D eigenvalue weighted by molar-refractivity contribution is 0.555. The van der Waals surface area contributed by atoms with Crippen molar-refractivity contribution in [1.29, 1.82) is 5.41 Å². The summed E-state index contributed by atoms with van der Waals surface area (Å²) >= 11 is 0. The van der Waals surface area contributed by atoms with Crippen molar-refractivity contribution >= 4 is 17.0 Å². The summed E-state index contributed by atoms with van der Waals surface area (Å²) in [4.78, 5) is 20.5. The van der Waals surface area contributed by atoms with Crippen LogP contribution in [0.4, 0.5) is 4.39 Å². The second-order valence-electron chi connectivity index (χ2n) is 11.4. The van der Waals surface area contributed by atoms with Gasteiger partial charge in [0.05, 0.1) is 11.4 Å². The van der Waals surface area contributed by atoms with E-state index in [4.69, 9.17) is 16.9 Å². The van der Waals surface area contributed by atoms with Gasteiger partial charge in [0, 0.05) is 35.8 Å². The van der Waals surface area contributed by atoms with Gasteiger partial charge in [0.2, 0.25) is 0 Å². The number of aryl methyl sites for hydroxylation is 1. The van der Waals surface area contributed by atoms with E-state index in [-0.39, 0.29) is 29.8 Å². The van der Waals surface area contributed by atoms with Crippen molar-refractivity contribution in [1.82, 2.24) is 25.2 Å². The molecule has 2 heterocycles. The number of hydrogen-bond donors (Lipinski definition) is 6. The highest BCUT2D eigenvalue weighted by Gasteiger charge is 2.18. The summed E-state index contributed by atoms with van der Waals surface area (Å²) in [5, 5.41) is 14.2. The highest BCUT2D eigenvalue weighted by Crippen LogP contribution is 2.32. The predicted octanol–water partition coefficient (Wildman–Crippen LogP) is 4.84. The summed E-state index contributed by atoms with van der Waals surface area (Å²) in [6.07, 6.45) is 5.24. The SMILES string of the molecule is CC(C)c1cc(CCC[C@H](C)N)cc(-c2cc3cn(-c4ccc([C@H](C)NCCCNC(=N)N)cc4)c(=O)nc3[nH]2)c1F. The van der Waals surface area contributed by atoms with Crippen LogP contribution in [0.15, 0.2) is 53.5 Å². The average molecular weight is 575 g/mol. The molecule has 0 amide bonds. The van der Waals surface area contributed by atoms with E-state index in [9.17, 15) is 4.79 Å². The topological polar surface area (TPSA) is 151 Å². The molecule has 2 atom stereocenters. The van der Waals surface area contributed by atoms with E-state index in [1.165, 1.54) is 4.57 Å². The minimum Gasteiger partial charge on any atom is -0.370 e. The van der Waals surface area contributed by atoms with Crippen LogP contribution >= 0.6 is 0 Å². The van der Waals surface area contributed by atoms with E-state index in [0.717, 1.165) is 48.7 Å². The molecule has 0 aliphatic heterocycles. The maximum absolute atomic E-state index is 15.7. The van der Waals surface area contributed by atoms with Gasteiger partial charge in [0.25, 0.3) is 0 Å². The number of benzene rings is 2. The van der Waals surface area contributed by atoms with Gasteiger partial charge >= 0.3 is 5.69 Å². The maximum atomic E-state index is 15.7. The number of nitrogens with two attached hydrogens (primary N) is 2. The molecule has 0 unspecified atom stereocenters. The Hall–Kier alpha value is -4.02. The molecular formula is C32H43FN8O. The molecule has 0 aliphatic rings. The minimum atomic E-state index is -0.416. The molecule has 9 nitrogen and oxygen atoms in total. The van der Waals surface area contributed by atoms with E-state index < -0.39 is 5.69 Å². The Morgan fingerprint density at radius 2 is 1.83 bits per heavy atom. The van der Waals surface area contributed by atoms with Crippen LogP contribution in [-0.4, -0.2) is 39.6 Å². The van der Waals surface area contributed by atoms with Crippen molar-refractivity contribution in [2.45, 2.75) is 71.4 Å². The first-order chi connectivity index (χ1) is 20.0. The number of fused-ring (bicyclic) bond motifs is 1. The predicted molar refractivity (Wildman–Crippen MR) is 169 cm³/mol. The van der Waals surface area contributed by atoms with Crippen LogP contribution in [0.2, 0.25) is 0 Å². The number of guanidine groups is 1. The summed E-state index contributed by atoms with van der Waals surface area (Å²) in [5.41, 5.74) is 15.8. The molecule has 0 spiro atoms. The average Bonchev–Trinajstić information content (AvgIpc) is 3.35. The number of rotatable bonds is 13. The monoisotopic (exact) mass is 574 g/mol.